The Morgan fingerprint density at radius 2 is 1.38 bits per heavy atom. The molecule has 0 heterocycles. The van der Waals surface area contributed by atoms with Crippen LogP contribution >= 0.6 is 11.8 Å². The SMILES string of the molecule is CC(=O)Nc1ccc(NC(=O)CSc2cccc(NC(=O)/C(=C/c3ccc(C)cc3)NC(=O)c3ccccc3)c2)cc1. The second-order valence-corrected chi connectivity index (χ2v) is 10.4. The lowest BCUT2D eigenvalue weighted by Gasteiger charge is -2.12. The largest absolute Gasteiger partial charge is 0.326 e. The minimum Gasteiger partial charge on any atom is -0.326 e. The highest BCUT2D eigenvalue weighted by Gasteiger charge is 2.15. The second-order valence-electron chi connectivity index (χ2n) is 9.37. The molecule has 9 heteroatoms. The van der Waals surface area contributed by atoms with E-state index in [1.54, 1.807) is 72.8 Å². The zero-order valence-corrected chi connectivity index (χ0v) is 24.0. The van der Waals surface area contributed by atoms with Crippen LogP contribution in [0.25, 0.3) is 6.08 Å². The van der Waals surface area contributed by atoms with Gasteiger partial charge in [0.2, 0.25) is 11.8 Å². The van der Waals surface area contributed by atoms with Crippen molar-refractivity contribution < 1.29 is 19.2 Å². The van der Waals surface area contributed by atoms with Gasteiger partial charge < -0.3 is 21.3 Å². The van der Waals surface area contributed by atoms with E-state index in [2.05, 4.69) is 21.3 Å². The first-order chi connectivity index (χ1) is 20.2. The highest BCUT2D eigenvalue weighted by Crippen LogP contribution is 2.23. The van der Waals surface area contributed by atoms with Crippen LogP contribution in [0.3, 0.4) is 0 Å². The summed E-state index contributed by atoms with van der Waals surface area (Å²) in [6, 6.07) is 30.2. The molecule has 42 heavy (non-hydrogen) atoms. The maximum absolute atomic E-state index is 13.3. The van der Waals surface area contributed by atoms with Gasteiger partial charge in [0.25, 0.3) is 11.8 Å². The molecule has 0 unspecified atom stereocenters. The quantitative estimate of drug-likeness (QED) is 0.134. The smallest absolute Gasteiger partial charge is 0.272 e. The number of rotatable bonds is 10. The first-order valence-corrected chi connectivity index (χ1v) is 14.1. The van der Waals surface area contributed by atoms with E-state index < -0.39 is 11.8 Å². The summed E-state index contributed by atoms with van der Waals surface area (Å²) in [7, 11) is 0. The average molecular weight is 579 g/mol. The van der Waals surface area contributed by atoms with Crippen molar-refractivity contribution in [2.75, 3.05) is 21.7 Å². The molecule has 4 N–H and O–H groups in total. The van der Waals surface area contributed by atoms with Crippen LogP contribution in [0.2, 0.25) is 0 Å². The van der Waals surface area contributed by atoms with Crippen molar-refractivity contribution in [2.24, 2.45) is 0 Å². The Labute approximate surface area is 248 Å². The molecule has 0 saturated carbocycles. The number of anilines is 3. The number of hydrogen-bond acceptors (Lipinski definition) is 5. The molecule has 4 aromatic rings. The minimum absolute atomic E-state index is 0.0923. The lowest BCUT2D eigenvalue weighted by molar-refractivity contribution is -0.114. The van der Waals surface area contributed by atoms with E-state index in [0.717, 1.165) is 16.0 Å². The van der Waals surface area contributed by atoms with Gasteiger partial charge >= 0.3 is 0 Å². The van der Waals surface area contributed by atoms with Gasteiger partial charge in [0.1, 0.15) is 5.70 Å². The lowest BCUT2D eigenvalue weighted by atomic mass is 10.1. The number of aryl methyl sites for hydroxylation is 1. The lowest BCUT2D eigenvalue weighted by Crippen LogP contribution is -2.30. The van der Waals surface area contributed by atoms with Crippen LogP contribution in [-0.4, -0.2) is 29.4 Å². The normalized spacial score (nSPS) is 10.9. The van der Waals surface area contributed by atoms with Crippen LogP contribution in [0, 0.1) is 6.92 Å². The van der Waals surface area contributed by atoms with Crippen LogP contribution in [0.1, 0.15) is 28.4 Å². The third kappa shape index (κ3) is 9.21. The van der Waals surface area contributed by atoms with Crippen molar-refractivity contribution in [1.82, 2.24) is 5.32 Å². The van der Waals surface area contributed by atoms with Crippen molar-refractivity contribution >= 4 is 58.5 Å². The van der Waals surface area contributed by atoms with E-state index in [-0.39, 0.29) is 23.3 Å². The first-order valence-electron chi connectivity index (χ1n) is 13.1. The zero-order chi connectivity index (χ0) is 29.9. The molecule has 0 bridgehead atoms. The first kappa shape index (κ1) is 29.8. The van der Waals surface area contributed by atoms with Gasteiger partial charge in [-0.05, 0) is 73.2 Å². The minimum atomic E-state index is -0.484. The van der Waals surface area contributed by atoms with Crippen LogP contribution < -0.4 is 21.3 Å². The third-order valence-electron chi connectivity index (χ3n) is 5.87. The molecule has 212 valence electrons. The molecule has 4 rings (SSSR count). The number of carbonyl (C=O) groups excluding carboxylic acids is 4. The molecule has 4 amide bonds. The van der Waals surface area contributed by atoms with Crippen LogP contribution in [0.5, 0.6) is 0 Å². The molecule has 0 aliphatic heterocycles. The summed E-state index contributed by atoms with van der Waals surface area (Å²) in [5, 5.41) is 11.1. The second kappa shape index (κ2) is 14.5. The topological polar surface area (TPSA) is 116 Å². The summed E-state index contributed by atoms with van der Waals surface area (Å²) in [5.74, 6) is -1.10. The molecule has 0 aliphatic rings. The Kier molecular flexibility index (Phi) is 10.3. The summed E-state index contributed by atoms with van der Waals surface area (Å²) in [6.45, 7) is 3.40. The molecule has 0 spiro atoms. The molecule has 0 saturated heterocycles. The fourth-order valence-electron chi connectivity index (χ4n) is 3.82. The Bertz CT molecular complexity index is 1600. The molecular weight excluding hydrogens is 548 g/mol. The third-order valence-corrected chi connectivity index (χ3v) is 6.86. The fourth-order valence-corrected chi connectivity index (χ4v) is 4.57. The molecular formula is C33H30N4O4S. The van der Waals surface area contributed by atoms with E-state index in [4.69, 9.17) is 0 Å². The number of nitrogens with one attached hydrogen (secondary N) is 4. The maximum atomic E-state index is 13.3. The Balaban J connectivity index is 1.40. The number of amides is 4. The summed E-state index contributed by atoms with van der Waals surface area (Å²) in [4.78, 5) is 50.6. The van der Waals surface area contributed by atoms with Gasteiger partial charge in [-0.25, -0.2) is 0 Å². The fraction of sp³-hybridized carbons (Fsp3) is 0.0909. The monoisotopic (exact) mass is 578 g/mol. The molecule has 0 atom stereocenters. The van der Waals surface area contributed by atoms with Gasteiger partial charge in [-0.2, -0.15) is 0 Å². The highest BCUT2D eigenvalue weighted by atomic mass is 32.2. The van der Waals surface area contributed by atoms with E-state index in [1.165, 1.54) is 18.7 Å². The van der Waals surface area contributed by atoms with Gasteiger partial charge in [-0.15, -0.1) is 11.8 Å². The van der Waals surface area contributed by atoms with Gasteiger partial charge in [0, 0.05) is 34.4 Å². The standard InChI is InChI=1S/C33H30N4O4S/c1-22-11-13-24(14-12-22)19-30(37-32(40)25-7-4-3-5-8-25)33(41)36-28-9-6-10-29(20-28)42-21-31(39)35-27-17-15-26(16-18-27)34-23(2)38/h3-20H,21H2,1-2H3,(H,34,38)(H,35,39)(H,36,41)(H,37,40)/b30-19-. The molecule has 0 fully saturated rings. The summed E-state index contributed by atoms with van der Waals surface area (Å²) in [5.41, 5.74) is 4.14. The molecule has 8 nitrogen and oxygen atoms in total. The highest BCUT2D eigenvalue weighted by molar-refractivity contribution is 8.00. The maximum Gasteiger partial charge on any atom is 0.272 e. The summed E-state index contributed by atoms with van der Waals surface area (Å²) >= 11 is 1.32. The molecule has 0 aromatic heterocycles. The van der Waals surface area contributed by atoms with Gasteiger partial charge in [0.15, 0.2) is 0 Å². The Morgan fingerprint density at radius 1 is 0.714 bits per heavy atom. The van der Waals surface area contributed by atoms with Crippen molar-refractivity contribution in [3.8, 4) is 0 Å². The zero-order valence-electron chi connectivity index (χ0n) is 23.1. The van der Waals surface area contributed by atoms with E-state index >= 15 is 0 Å². The number of carbonyl (C=O) groups is 4. The summed E-state index contributed by atoms with van der Waals surface area (Å²) in [6.07, 6.45) is 1.63. The molecule has 0 aliphatic carbocycles. The Hall–Kier alpha value is -5.15. The van der Waals surface area contributed by atoms with Crippen LogP contribution in [0.4, 0.5) is 17.1 Å². The Morgan fingerprint density at radius 3 is 2.05 bits per heavy atom. The van der Waals surface area contributed by atoms with Crippen molar-refractivity contribution in [3.05, 3.63) is 126 Å². The summed E-state index contributed by atoms with van der Waals surface area (Å²) < 4.78 is 0. The van der Waals surface area contributed by atoms with E-state index in [1.807, 2.05) is 43.3 Å². The predicted molar refractivity (Wildman–Crippen MR) is 168 cm³/mol. The van der Waals surface area contributed by atoms with Crippen LogP contribution in [-0.2, 0) is 14.4 Å². The van der Waals surface area contributed by atoms with Crippen molar-refractivity contribution in [1.29, 1.82) is 0 Å². The van der Waals surface area contributed by atoms with E-state index in [9.17, 15) is 19.2 Å². The van der Waals surface area contributed by atoms with Gasteiger partial charge in [-0.1, -0.05) is 54.1 Å². The van der Waals surface area contributed by atoms with Gasteiger partial charge in [-0.3, -0.25) is 19.2 Å². The molecule has 4 aromatic carbocycles. The predicted octanol–water partition coefficient (Wildman–Crippen LogP) is 6.09. The van der Waals surface area contributed by atoms with Crippen molar-refractivity contribution in [3.63, 3.8) is 0 Å². The van der Waals surface area contributed by atoms with Gasteiger partial charge in [0.05, 0.1) is 5.75 Å². The van der Waals surface area contributed by atoms with E-state index in [0.29, 0.717) is 22.6 Å². The van der Waals surface area contributed by atoms with Crippen molar-refractivity contribution in [2.45, 2.75) is 18.7 Å². The number of benzene rings is 4. The van der Waals surface area contributed by atoms with Crippen LogP contribution in [0.15, 0.2) is 114 Å². The average Bonchev–Trinajstić information content (AvgIpc) is 2.98. The molecule has 0 radical (unpaired) electrons. The number of hydrogen-bond donors (Lipinski definition) is 4. The number of thioether (sulfide) groups is 1.